The van der Waals surface area contributed by atoms with Crippen molar-refractivity contribution in [3.63, 3.8) is 0 Å². The van der Waals surface area contributed by atoms with Gasteiger partial charge >= 0.3 is 0 Å². The summed E-state index contributed by atoms with van der Waals surface area (Å²) in [5.74, 6) is 0.147. The molecular weight excluding hydrogens is 310 g/mol. The van der Waals surface area contributed by atoms with E-state index in [1.165, 1.54) is 32.1 Å². The average molecular weight is 339 g/mol. The fraction of sp³-hybridized carbons (Fsp3) is 0.524. The lowest BCUT2D eigenvalue weighted by Gasteiger charge is -2.30. The van der Waals surface area contributed by atoms with Gasteiger partial charge in [-0.1, -0.05) is 32.1 Å². The molecule has 1 fully saturated rings. The first-order valence-corrected chi connectivity index (χ1v) is 9.46. The summed E-state index contributed by atoms with van der Waals surface area (Å²) in [5.41, 5.74) is 3.88. The average Bonchev–Trinajstić information content (AvgIpc) is 2.88. The summed E-state index contributed by atoms with van der Waals surface area (Å²) in [5, 5.41) is 0. The molecular formula is C21H29N3O. The molecule has 0 spiro atoms. The molecule has 4 heteroatoms. The molecule has 0 bridgehead atoms. The van der Waals surface area contributed by atoms with Crippen molar-refractivity contribution in [2.45, 2.75) is 64.8 Å². The first-order valence-electron chi connectivity index (χ1n) is 9.46. The second-order valence-corrected chi connectivity index (χ2v) is 7.25. The highest BCUT2D eigenvalue weighted by Crippen LogP contribution is 2.25. The van der Waals surface area contributed by atoms with E-state index in [4.69, 9.17) is 0 Å². The largest absolute Gasteiger partial charge is 0.339 e. The molecule has 2 aromatic heterocycles. The van der Waals surface area contributed by atoms with Gasteiger partial charge in [0.25, 0.3) is 5.91 Å². The van der Waals surface area contributed by atoms with Gasteiger partial charge in [-0.2, -0.15) is 0 Å². The van der Waals surface area contributed by atoms with Crippen molar-refractivity contribution in [2.75, 3.05) is 7.05 Å². The van der Waals surface area contributed by atoms with E-state index in [1.807, 2.05) is 50.2 Å². The van der Waals surface area contributed by atoms with Gasteiger partial charge in [0, 0.05) is 30.7 Å². The maximum Gasteiger partial charge on any atom is 0.255 e. The number of amides is 1. The van der Waals surface area contributed by atoms with Crippen LogP contribution in [0.5, 0.6) is 0 Å². The standard InChI is InChI=1S/C21H29N3O/c1-16-14-20(17(2)24(16)19-12-9-13-22-15-19)21(25)23(3)18-10-7-5-4-6-8-11-18/h9,12-15,18H,4-8,10-11H2,1-3H3. The maximum atomic E-state index is 13.2. The number of carbonyl (C=O) groups excluding carboxylic acids is 1. The molecule has 0 aromatic carbocycles. The minimum Gasteiger partial charge on any atom is -0.339 e. The van der Waals surface area contributed by atoms with Crippen molar-refractivity contribution in [1.29, 1.82) is 0 Å². The van der Waals surface area contributed by atoms with Crippen LogP contribution in [0.2, 0.25) is 0 Å². The molecule has 1 aliphatic rings. The molecule has 0 N–H and O–H groups in total. The molecule has 134 valence electrons. The van der Waals surface area contributed by atoms with E-state index < -0.39 is 0 Å². The molecule has 0 aliphatic heterocycles. The Labute approximate surface area is 150 Å². The number of aromatic nitrogens is 2. The quantitative estimate of drug-likeness (QED) is 0.815. The lowest BCUT2D eigenvalue weighted by molar-refractivity contribution is 0.0706. The maximum absolute atomic E-state index is 13.2. The van der Waals surface area contributed by atoms with Gasteiger partial charge in [-0.3, -0.25) is 9.78 Å². The highest BCUT2D eigenvalue weighted by molar-refractivity contribution is 5.96. The molecule has 1 amide bonds. The lowest BCUT2D eigenvalue weighted by Crippen LogP contribution is -2.37. The van der Waals surface area contributed by atoms with Crippen molar-refractivity contribution >= 4 is 5.91 Å². The number of rotatable bonds is 3. The van der Waals surface area contributed by atoms with E-state index in [0.29, 0.717) is 6.04 Å². The third-order valence-corrected chi connectivity index (χ3v) is 5.51. The van der Waals surface area contributed by atoms with Gasteiger partial charge < -0.3 is 9.47 Å². The summed E-state index contributed by atoms with van der Waals surface area (Å²) in [7, 11) is 1.98. The van der Waals surface area contributed by atoms with Gasteiger partial charge in [0.15, 0.2) is 0 Å². The van der Waals surface area contributed by atoms with E-state index in [1.54, 1.807) is 6.20 Å². The van der Waals surface area contributed by atoms with Crippen LogP contribution in [-0.2, 0) is 0 Å². The Morgan fingerprint density at radius 2 is 1.84 bits per heavy atom. The SMILES string of the molecule is Cc1cc(C(=O)N(C)C2CCCCCCC2)c(C)n1-c1cccnc1. The van der Waals surface area contributed by atoms with Crippen LogP contribution in [0.3, 0.4) is 0 Å². The van der Waals surface area contributed by atoms with Gasteiger partial charge in [0.05, 0.1) is 17.4 Å². The Morgan fingerprint density at radius 3 is 2.48 bits per heavy atom. The first kappa shape index (κ1) is 17.7. The van der Waals surface area contributed by atoms with Crippen LogP contribution in [0.4, 0.5) is 0 Å². The Bertz CT molecular complexity index is 712. The zero-order valence-corrected chi connectivity index (χ0v) is 15.7. The number of hydrogen-bond acceptors (Lipinski definition) is 2. The van der Waals surface area contributed by atoms with Crippen molar-refractivity contribution in [1.82, 2.24) is 14.5 Å². The minimum atomic E-state index is 0.147. The number of aryl methyl sites for hydroxylation is 1. The molecule has 4 nitrogen and oxygen atoms in total. The Hall–Kier alpha value is -2.10. The summed E-state index contributed by atoms with van der Waals surface area (Å²) < 4.78 is 2.12. The number of carbonyl (C=O) groups is 1. The fourth-order valence-electron chi connectivity index (χ4n) is 4.04. The molecule has 1 saturated carbocycles. The molecule has 0 saturated heterocycles. The second kappa shape index (κ2) is 7.85. The summed E-state index contributed by atoms with van der Waals surface area (Å²) in [6.45, 7) is 4.08. The van der Waals surface area contributed by atoms with Gasteiger partial charge in [-0.05, 0) is 44.9 Å². The Morgan fingerprint density at radius 1 is 1.16 bits per heavy atom. The van der Waals surface area contributed by atoms with Crippen LogP contribution < -0.4 is 0 Å². The molecule has 0 radical (unpaired) electrons. The molecule has 1 aliphatic carbocycles. The highest BCUT2D eigenvalue weighted by Gasteiger charge is 2.25. The zero-order valence-electron chi connectivity index (χ0n) is 15.7. The summed E-state index contributed by atoms with van der Waals surface area (Å²) in [6, 6.07) is 6.34. The number of hydrogen-bond donors (Lipinski definition) is 0. The Kier molecular flexibility index (Phi) is 5.57. The number of pyridine rings is 1. The normalized spacial score (nSPS) is 16.3. The van der Waals surface area contributed by atoms with Crippen LogP contribution >= 0.6 is 0 Å². The van der Waals surface area contributed by atoms with Crippen molar-refractivity contribution in [3.05, 3.63) is 47.5 Å². The molecule has 0 unspecified atom stereocenters. The van der Waals surface area contributed by atoms with E-state index >= 15 is 0 Å². The van der Waals surface area contributed by atoms with Crippen LogP contribution in [0.15, 0.2) is 30.6 Å². The smallest absolute Gasteiger partial charge is 0.255 e. The molecule has 2 aromatic rings. The van der Waals surface area contributed by atoms with Crippen molar-refractivity contribution < 1.29 is 4.79 Å². The van der Waals surface area contributed by atoms with Gasteiger partial charge in [0.1, 0.15) is 0 Å². The third kappa shape index (κ3) is 3.78. The molecule has 25 heavy (non-hydrogen) atoms. The molecule has 2 heterocycles. The first-order chi connectivity index (χ1) is 12.1. The second-order valence-electron chi connectivity index (χ2n) is 7.25. The molecule has 3 rings (SSSR count). The monoisotopic (exact) mass is 339 g/mol. The van der Waals surface area contributed by atoms with Gasteiger partial charge in [-0.25, -0.2) is 0 Å². The fourth-order valence-corrected chi connectivity index (χ4v) is 4.04. The van der Waals surface area contributed by atoms with E-state index in [9.17, 15) is 4.79 Å². The zero-order chi connectivity index (χ0) is 17.8. The van der Waals surface area contributed by atoms with Crippen LogP contribution in [0.25, 0.3) is 5.69 Å². The van der Waals surface area contributed by atoms with E-state index in [2.05, 4.69) is 9.55 Å². The summed E-state index contributed by atoms with van der Waals surface area (Å²) >= 11 is 0. The third-order valence-electron chi connectivity index (χ3n) is 5.51. The minimum absolute atomic E-state index is 0.147. The van der Waals surface area contributed by atoms with Crippen LogP contribution in [0.1, 0.15) is 66.7 Å². The Balaban J connectivity index is 1.84. The van der Waals surface area contributed by atoms with E-state index in [0.717, 1.165) is 35.5 Å². The van der Waals surface area contributed by atoms with Gasteiger partial charge in [-0.15, -0.1) is 0 Å². The van der Waals surface area contributed by atoms with Crippen LogP contribution in [0, 0.1) is 13.8 Å². The predicted octanol–water partition coefficient (Wildman–Crippen LogP) is 4.67. The molecule has 0 atom stereocenters. The number of nitrogens with zero attached hydrogens (tertiary/aromatic N) is 3. The van der Waals surface area contributed by atoms with Crippen molar-refractivity contribution in [3.8, 4) is 5.69 Å². The van der Waals surface area contributed by atoms with Crippen LogP contribution in [-0.4, -0.2) is 33.4 Å². The summed E-state index contributed by atoms with van der Waals surface area (Å²) in [6.07, 6.45) is 12.3. The van der Waals surface area contributed by atoms with Crippen molar-refractivity contribution in [2.24, 2.45) is 0 Å². The highest BCUT2D eigenvalue weighted by atomic mass is 16.2. The van der Waals surface area contributed by atoms with E-state index in [-0.39, 0.29) is 5.91 Å². The summed E-state index contributed by atoms with van der Waals surface area (Å²) in [4.78, 5) is 19.4. The lowest BCUT2D eigenvalue weighted by atomic mass is 9.95. The topological polar surface area (TPSA) is 38.1 Å². The predicted molar refractivity (Wildman–Crippen MR) is 101 cm³/mol. The van der Waals surface area contributed by atoms with Gasteiger partial charge in [0.2, 0.25) is 0 Å².